The van der Waals surface area contributed by atoms with Crippen molar-refractivity contribution in [3.63, 3.8) is 0 Å². The Morgan fingerprint density at radius 3 is 2.36 bits per heavy atom. The first kappa shape index (κ1) is 18.4. The van der Waals surface area contributed by atoms with Crippen molar-refractivity contribution in [3.05, 3.63) is 64.2 Å². The summed E-state index contributed by atoms with van der Waals surface area (Å²) in [5.41, 5.74) is 0.316. The molecule has 0 radical (unpaired) electrons. The van der Waals surface area contributed by atoms with E-state index in [0.29, 0.717) is 5.69 Å². The Balaban J connectivity index is 2.45. The number of nitro groups is 1. The molecule has 0 saturated heterocycles. The van der Waals surface area contributed by atoms with Gasteiger partial charge in [-0.1, -0.05) is 6.07 Å². The summed E-state index contributed by atoms with van der Waals surface area (Å²) in [6, 6.07) is 10.7. The molecule has 0 saturated carbocycles. The van der Waals surface area contributed by atoms with Crippen LogP contribution in [-0.4, -0.2) is 33.0 Å². The van der Waals surface area contributed by atoms with Crippen molar-refractivity contribution in [2.75, 3.05) is 18.0 Å². The predicted molar refractivity (Wildman–Crippen MR) is 91.1 cm³/mol. The van der Waals surface area contributed by atoms with Gasteiger partial charge in [-0.3, -0.25) is 14.4 Å². The summed E-state index contributed by atoms with van der Waals surface area (Å²) in [5.74, 6) is -0.578. The lowest BCUT2D eigenvalue weighted by Gasteiger charge is -2.23. The standard InChI is InChI=1S/C16H16N2O6S/c1-3-17(14-6-4-5-12(11-14)16(19)24-2)25(22,23)15-9-7-13(8-10-15)18(20)21/h4-11H,3H2,1-2H3. The van der Waals surface area contributed by atoms with Crippen LogP contribution in [0.2, 0.25) is 0 Å². The third-order valence-electron chi connectivity index (χ3n) is 3.48. The molecule has 9 heteroatoms. The molecule has 2 rings (SSSR count). The first-order valence-corrected chi connectivity index (χ1v) is 8.71. The van der Waals surface area contributed by atoms with Crippen LogP contribution >= 0.6 is 0 Å². The number of esters is 1. The Labute approximate surface area is 144 Å². The molecule has 0 heterocycles. The van der Waals surface area contributed by atoms with Gasteiger partial charge in [-0.2, -0.15) is 0 Å². The van der Waals surface area contributed by atoms with E-state index in [2.05, 4.69) is 4.74 Å². The van der Waals surface area contributed by atoms with E-state index in [1.807, 2.05) is 0 Å². The smallest absolute Gasteiger partial charge is 0.337 e. The second kappa shape index (κ2) is 7.31. The number of nitro benzene ring substituents is 1. The van der Waals surface area contributed by atoms with Crippen molar-refractivity contribution in [2.45, 2.75) is 11.8 Å². The summed E-state index contributed by atoms with van der Waals surface area (Å²) < 4.78 is 31.4. The molecule has 0 unspecified atom stereocenters. The highest BCUT2D eigenvalue weighted by Gasteiger charge is 2.25. The number of non-ortho nitro benzene ring substituents is 1. The first-order valence-electron chi connectivity index (χ1n) is 7.26. The van der Waals surface area contributed by atoms with Crippen molar-refractivity contribution < 1.29 is 22.9 Å². The van der Waals surface area contributed by atoms with E-state index in [-0.39, 0.29) is 22.7 Å². The SMILES string of the molecule is CCN(c1cccc(C(=O)OC)c1)S(=O)(=O)c1ccc([N+](=O)[O-])cc1. The number of hydrogen-bond acceptors (Lipinski definition) is 6. The Kier molecular flexibility index (Phi) is 5.38. The number of methoxy groups -OCH3 is 1. The number of sulfonamides is 1. The molecule has 0 fully saturated rings. The maximum atomic E-state index is 12.8. The molecule has 0 aliphatic heterocycles. The number of benzene rings is 2. The van der Waals surface area contributed by atoms with Crippen molar-refractivity contribution in [1.29, 1.82) is 0 Å². The molecule has 0 amide bonds. The van der Waals surface area contributed by atoms with E-state index >= 15 is 0 Å². The molecule has 0 spiro atoms. The van der Waals surface area contributed by atoms with E-state index in [1.54, 1.807) is 19.1 Å². The fourth-order valence-corrected chi connectivity index (χ4v) is 3.73. The number of rotatable bonds is 6. The fraction of sp³-hybridized carbons (Fsp3) is 0.188. The van der Waals surface area contributed by atoms with Crippen LogP contribution in [0.3, 0.4) is 0 Å². The minimum Gasteiger partial charge on any atom is -0.465 e. The quantitative estimate of drug-likeness (QED) is 0.443. The highest BCUT2D eigenvalue weighted by Crippen LogP contribution is 2.25. The zero-order valence-corrected chi connectivity index (χ0v) is 14.4. The minimum atomic E-state index is -3.94. The molecule has 8 nitrogen and oxygen atoms in total. The van der Waals surface area contributed by atoms with Gasteiger partial charge in [0.1, 0.15) is 0 Å². The molecule has 132 valence electrons. The molecule has 0 atom stereocenters. The Morgan fingerprint density at radius 2 is 1.84 bits per heavy atom. The van der Waals surface area contributed by atoms with Crippen LogP contribution in [0.1, 0.15) is 17.3 Å². The number of hydrogen-bond donors (Lipinski definition) is 0. The number of carbonyl (C=O) groups is 1. The number of carbonyl (C=O) groups excluding carboxylic acids is 1. The van der Waals surface area contributed by atoms with Crippen LogP contribution in [0, 0.1) is 10.1 Å². The topological polar surface area (TPSA) is 107 Å². The molecule has 0 aliphatic rings. The van der Waals surface area contributed by atoms with E-state index in [0.717, 1.165) is 16.4 Å². The highest BCUT2D eigenvalue weighted by molar-refractivity contribution is 7.92. The molecule has 2 aromatic carbocycles. The summed E-state index contributed by atoms with van der Waals surface area (Å²) in [7, 11) is -2.70. The van der Waals surface area contributed by atoms with Gasteiger partial charge in [-0.05, 0) is 37.3 Å². The third-order valence-corrected chi connectivity index (χ3v) is 5.40. The van der Waals surface area contributed by atoms with Crippen LogP contribution in [0.4, 0.5) is 11.4 Å². The molecule has 0 bridgehead atoms. The van der Waals surface area contributed by atoms with Gasteiger partial charge in [-0.25, -0.2) is 13.2 Å². The third kappa shape index (κ3) is 3.77. The Morgan fingerprint density at radius 1 is 1.20 bits per heavy atom. The number of ether oxygens (including phenoxy) is 1. The van der Waals surface area contributed by atoms with Crippen LogP contribution < -0.4 is 4.31 Å². The van der Waals surface area contributed by atoms with Crippen LogP contribution in [-0.2, 0) is 14.8 Å². The monoisotopic (exact) mass is 364 g/mol. The van der Waals surface area contributed by atoms with Crippen LogP contribution in [0.5, 0.6) is 0 Å². The second-order valence-corrected chi connectivity index (χ2v) is 6.83. The molecule has 2 aromatic rings. The molecule has 0 aliphatic carbocycles. The van der Waals surface area contributed by atoms with Gasteiger partial charge in [-0.15, -0.1) is 0 Å². The van der Waals surface area contributed by atoms with Crippen molar-refractivity contribution in [3.8, 4) is 0 Å². The zero-order chi connectivity index (χ0) is 18.6. The Hall–Kier alpha value is -2.94. The van der Waals surface area contributed by atoms with Crippen molar-refractivity contribution in [2.24, 2.45) is 0 Å². The van der Waals surface area contributed by atoms with E-state index in [9.17, 15) is 23.3 Å². The summed E-state index contributed by atoms with van der Waals surface area (Å²) in [5, 5.41) is 10.7. The maximum Gasteiger partial charge on any atom is 0.337 e. The van der Waals surface area contributed by atoms with Crippen LogP contribution in [0.15, 0.2) is 53.4 Å². The summed E-state index contributed by atoms with van der Waals surface area (Å²) in [6.45, 7) is 1.76. The van der Waals surface area contributed by atoms with Gasteiger partial charge in [0.15, 0.2) is 0 Å². The van der Waals surface area contributed by atoms with Crippen molar-refractivity contribution in [1.82, 2.24) is 0 Å². The zero-order valence-electron chi connectivity index (χ0n) is 13.6. The van der Waals surface area contributed by atoms with E-state index in [1.165, 1.54) is 31.4 Å². The van der Waals surface area contributed by atoms with Gasteiger partial charge in [0.05, 0.1) is 28.2 Å². The summed E-state index contributed by atoms with van der Waals surface area (Å²) >= 11 is 0. The van der Waals surface area contributed by atoms with Gasteiger partial charge in [0.25, 0.3) is 15.7 Å². The normalized spacial score (nSPS) is 11.0. The lowest BCUT2D eigenvalue weighted by atomic mass is 10.2. The predicted octanol–water partition coefficient (Wildman–Crippen LogP) is 2.60. The molecule has 0 N–H and O–H groups in total. The van der Waals surface area contributed by atoms with E-state index in [4.69, 9.17) is 0 Å². The molecule has 25 heavy (non-hydrogen) atoms. The van der Waals surface area contributed by atoms with E-state index < -0.39 is 20.9 Å². The van der Waals surface area contributed by atoms with Gasteiger partial charge in [0, 0.05) is 18.7 Å². The van der Waals surface area contributed by atoms with Crippen molar-refractivity contribution >= 4 is 27.4 Å². The van der Waals surface area contributed by atoms with Gasteiger partial charge < -0.3 is 4.74 Å². The molecular formula is C16H16N2O6S. The highest BCUT2D eigenvalue weighted by atomic mass is 32.2. The van der Waals surface area contributed by atoms with Crippen LogP contribution in [0.25, 0.3) is 0 Å². The molecule has 0 aromatic heterocycles. The second-order valence-electron chi connectivity index (χ2n) is 4.96. The summed E-state index contributed by atoms with van der Waals surface area (Å²) in [6.07, 6.45) is 0. The average Bonchev–Trinajstić information content (AvgIpc) is 2.61. The lowest BCUT2D eigenvalue weighted by molar-refractivity contribution is -0.384. The molecular weight excluding hydrogens is 348 g/mol. The number of nitrogens with zero attached hydrogens (tertiary/aromatic N) is 2. The minimum absolute atomic E-state index is 0.0802. The average molecular weight is 364 g/mol. The largest absolute Gasteiger partial charge is 0.465 e. The number of anilines is 1. The van der Waals surface area contributed by atoms with Gasteiger partial charge >= 0.3 is 5.97 Å². The Bertz CT molecular complexity index is 893. The summed E-state index contributed by atoms with van der Waals surface area (Å²) in [4.78, 5) is 21.7. The fourth-order valence-electron chi connectivity index (χ4n) is 2.26. The first-order chi connectivity index (χ1) is 11.8. The maximum absolute atomic E-state index is 12.8. The van der Waals surface area contributed by atoms with Gasteiger partial charge in [0.2, 0.25) is 0 Å². The lowest BCUT2D eigenvalue weighted by Crippen LogP contribution is -2.30.